The molecule has 0 N–H and O–H groups in total. The number of halogens is 3. The molecule has 0 heterocycles. The summed E-state index contributed by atoms with van der Waals surface area (Å²) in [5.41, 5.74) is 0.545. The Hall–Kier alpha value is -2.50. The molecule has 0 saturated heterocycles. The molecule has 0 bridgehead atoms. The first kappa shape index (κ1) is 17.8. The number of amides is 1. The van der Waals surface area contributed by atoms with E-state index in [2.05, 4.69) is 0 Å². The van der Waals surface area contributed by atoms with Crippen LogP contribution < -0.4 is 4.74 Å². The zero-order chi connectivity index (χ0) is 17.7. The highest BCUT2D eigenvalue weighted by molar-refractivity contribution is 5.78. The van der Waals surface area contributed by atoms with Crippen molar-refractivity contribution in [2.45, 2.75) is 19.1 Å². The van der Waals surface area contributed by atoms with Crippen LogP contribution in [-0.2, 0) is 23.9 Å². The van der Waals surface area contributed by atoms with Gasteiger partial charge in [-0.25, -0.2) is 0 Å². The van der Waals surface area contributed by atoms with E-state index in [1.807, 2.05) is 0 Å². The van der Waals surface area contributed by atoms with Crippen LogP contribution in [0.3, 0.4) is 0 Å². The summed E-state index contributed by atoms with van der Waals surface area (Å²) in [6.45, 7) is 0.124. The number of carbonyl (C=O) groups excluding carboxylic acids is 1. The SMILES string of the molecule is COc1ccc(CC(=O)N(C)Cc2cccc(C(F)(F)F)c2)cc1. The van der Waals surface area contributed by atoms with Crippen molar-refractivity contribution in [2.24, 2.45) is 0 Å². The van der Waals surface area contributed by atoms with Crippen molar-refractivity contribution in [3.05, 3.63) is 65.2 Å². The predicted octanol–water partition coefficient (Wildman–Crippen LogP) is 3.92. The van der Waals surface area contributed by atoms with Crippen molar-refractivity contribution in [2.75, 3.05) is 14.2 Å². The van der Waals surface area contributed by atoms with Crippen LogP contribution in [0.4, 0.5) is 13.2 Å². The Kier molecular flexibility index (Phi) is 5.49. The number of methoxy groups -OCH3 is 1. The van der Waals surface area contributed by atoms with E-state index in [4.69, 9.17) is 4.74 Å². The molecule has 128 valence electrons. The molecule has 2 aromatic rings. The third-order valence-corrected chi connectivity index (χ3v) is 3.61. The second-order valence-electron chi connectivity index (χ2n) is 5.47. The van der Waals surface area contributed by atoms with Crippen molar-refractivity contribution in [3.63, 3.8) is 0 Å². The van der Waals surface area contributed by atoms with Crippen LogP contribution in [0.15, 0.2) is 48.5 Å². The average Bonchev–Trinajstić information content (AvgIpc) is 2.55. The van der Waals surface area contributed by atoms with Crippen LogP contribution in [-0.4, -0.2) is 25.0 Å². The van der Waals surface area contributed by atoms with E-state index in [-0.39, 0.29) is 18.9 Å². The highest BCUT2D eigenvalue weighted by Crippen LogP contribution is 2.29. The number of alkyl halides is 3. The minimum absolute atomic E-state index is 0.124. The molecule has 0 aliphatic rings. The molecule has 0 unspecified atom stereocenters. The maximum atomic E-state index is 12.7. The van der Waals surface area contributed by atoms with E-state index in [1.54, 1.807) is 44.5 Å². The van der Waals surface area contributed by atoms with Crippen molar-refractivity contribution in [1.82, 2.24) is 4.90 Å². The molecule has 2 aromatic carbocycles. The first-order chi connectivity index (χ1) is 11.3. The fourth-order valence-electron chi connectivity index (χ4n) is 2.26. The molecule has 0 atom stereocenters. The van der Waals surface area contributed by atoms with E-state index in [1.165, 1.54) is 11.0 Å². The lowest BCUT2D eigenvalue weighted by molar-refractivity contribution is -0.137. The lowest BCUT2D eigenvalue weighted by Gasteiger charge is -2.18. The quantitative estimate of drug-likeness (QED) is 0.828. The number of hydrogen-bond acceptors (Lipinski definition) is 2. The molecule has 6 heteroatoms. The van der Waals surface area contributed by atoms with Crippen LogP contribution in [0.1, 0.15) is 16.7 Å². The third kappa shape index (κ3) is 4.75. The largest absolute Gasteiger partial charge is 0.497 e. The van der Waals surface area contributed by atoms with Crippen molar-refractivity contribution < 1.29 is 22.7 Å². The van der Waals surface area contributed by atoms with E-state index < -0.39 is 11.7 Å². The van der Waals surface area contributed by atoms with Gasteiger partial charge in [0.15, 0.2) is 0 Å². The van der Waals surface area contributed by atoms with Crippen LogP contribution in [0, 0.1) is 0 Å². The van der Waals surface area contributed by atoms with E-state index in [0.717, 1.165) is 17.7 Å². The van der Waals surface area contributed by atoms with E-state index in [0.29, 0.717) is 11.3 Å². The summed E-state index contributed by atoms with van der Waals surface area (Å²) in [6, 6.07) is 12.1. The zero-order valence-corrected chi connectivity index (χ0v) is 13.4. The van der Waals surface area contributed by atoms with Crippen molar-refractivity contribution in [1.29, 1.82) is 0 Å². The summed E-state index contributed by atoms with van der Waals surface area (Å²) in [4.78, 5) is 13.6. The van der Waals surface area contributed by atoms with Gasteiger partial charge in [-0.2, -0.15) is 13.2 Å². The summed E-state index contributed by atoms with van der Waals surface area (Å²) >= 11 is 0. The normalized spacial score (nSPS) is 11.2. The molecule has 0 radical (unpaired) electrons. The molecule has 0 fully saturated rings. The van der Waals surface area contributed by atoms with Gasteiger partial charge in [0.2, 0.25) is 5.91 Å². The van der Waals surface area contributed by atoms with Gasteiger partial charge in [0, 0.05) is 13.6 Å². The number of nitrogens with zero attached hydrogens (tertiary/aromatic N) is 1. The third-order valence-electron chi connectivity index (χ3n) is 3.61. The average molecular weight is 337 g/mol. The maximum absolute atomic E-state index is 12.7. The molecule has 0 aliphatic heterocycles. The van der Waals surface area contributed by atoms with Gasteiger partial charge in [-0.15, -0.1) is 0 Å². The van der Waals surface area contributed by atoms with Crippen LogP contribution in [0.5, 0.6) is 5.75 Å². The smallest absolute Gasteiger partial charge is 0.416 e. The fourth-order valence-corrected chi connectivity index (χ4v) is 2.26. The second kappa shape index (κ2) is 7.38. The topological polar surface area (TPSA) is 29.5 Å². The Bertz CT molecular complexity index is 696. The van der Waals surface area contributed by atoms with Gasteiger partial charge in [0.05, 0.1) is 19.1 Å². The molecule has 3 nitrogen and oxygen atoms in total. The Labute approximate surface area is 138 Å². The van der Waals surface area contributed by atoms with Gasteiger partial charge < -0.3 is 9.64 Å². The van der Waals surface area contributed by atoms with Crippen molar-refractivity contribution in [3.8, 4) is 5.75 Å². The molecular weight excluding hydrogens is 319 g/mol. The number of benzene rings is 2. The number of rotatable bonds is 5. The minimum Gasteiger partial charge on any atom is -0.497 e. The highest BCUT2D eigenvalue weighted by Gasteiger charge is 2.30. The highest BCUT2D eigenvalue weighted by atomic mass is 19.4. The van der Waals surface area contributed by atoms with Gasteiger partial charge in [-0.3, -0.25) is 4.79 Å². The standard InChI is InChI=1S/C18H18F3NO2/c1-22(12-14-4-3-5-15(10-14)18(19,20)21)17(23)11-13-6-8-16(24-2)9-7-13/h3-10H,11-12H2,1-2H3. The summed E-state index contributed by atoms with van der Waals surface area (Å²) in [5, 5.41) is 0. The predicted molar refractivity (Wildman–Crippen MR) is 84.6 cm³/mol. The number of ether oxygens (including phenoxy) is 1. The Morgan fingerprint density at radius 2 is 1.75 bits per heavy atom. The van der Waals surface area contributed by atoms with Crippen LogP contribution >= 0.6 is 0 Å². The van der Waals surface area contributed by atoms with Crippen LogP contribution in [0.2, 0.25) is 0 Å². The molecule has 0 aromatic heterocycles. The maximum Gasteiger partial charge on any atom is 0.416 e. The van der Waals surface area contributed by atoms with Gasteiger partial charge in [0.1, 0.15) is 5.75 Å². The lowest BCUT2D eigenvalue weighted by atomic mass is 10.1. The van der Waals surface area contributed by atoms with Crippen LogP contribution in [0.25, 0.3) is 0 Å². The zero-order valence-electron chi connectivity index (χ0n) is 13.4. The Morgan fingerprint density at radius 3 is 2.33 bits per heavy atom. The summed E-state index contributed by atoms with van der Waals surface area (Å²) < 4.78 is 43.2. The van der Waals surface area contributed by atoms with Gasteiger partial charge >= 0.3 is 6.18 Å². The number of hydrogen-bond donors (Lipinski definition) is 0. The summed E-state index contributed by atoms with van der Waals surface area (Å²) in [7, 11) is 3.13. The van der Waals surface area contributed by atoms with Gasteiger partial charge in [-0.05, 0) is 35.4 Å². The lowest BCUT2D eigenvalue weighted by Crippen LogP contribution is -2.27. The van der Waals surface area contributed by atoms with E-state index >= 15 is 0 Å². The number of likely N-dealkylation sites (N-methyl/N-ethyl adjacent to an activating group) is 1. The fraction of sp³-hybridized carbons (Fsp3) is 0.278. The molecule has 24 heavy (non-hydrogen) atoms. The minimum atomic E-state index is -4.39. The van der Waals surface area contributed by atoms with Crippen molar-refractivity contribution >= 4 is 5.91 Å². The van der Waals surface area contributed by atoms with Gasteiger partial charge in [0.25, 0.3) is 0 Å². The van der Waals surface area contributed by atoms with Gasteiger partial charge in [-0.1, -0.05) is 24.3 Å². The van der Waals surface area contributed by atoms with E-state index in [9.17, 15) is 18.0 Å². The first-order valence-corrected chi connectivity index (χ1v) is 7.32. The molecule has 2 rings (SSSR count). The second-order valence-corrected chi connectivity index (χ2v) is 5.47. The first-order valence-electron chi connectivity index (χ1n) is 7.32. The monoisotopic (exact) mass is 337 g/mol. The number of carbonyl (C=O) groups is 1. The Morgan fingerprint density at radius 1 is 1.08 bits per heavy atom. The molecular formula is C18H18F3NO2. The molecule has 0 aliphatic carbocycles. The summed E-state index contributed by atoms with van der Waals surface area (Å²) in [6.07, 6.45) is -4.21. The summed E-state index contributed by atoms with van der Waals surface area (Å²) in [5.74, 6) is 0.529. The molecule has 0 spiro atoms. The molecule has 1 amide bonds. The Balaban J connectivity index is 2.00. The molecule has 0 saturated carbocycles.